The van der Waals surface area contributed by atoms with Gasteiger partial charge in [-0.25, -0.2) is 4.79 Å². The summed E-state index contributed by atoms with van der Waals surface area (Å²) in [5.74, 6) is 1.03. The normalized spacial score (nSPS) is 12.2. The van der Waals surface area contributed by atoms with Gasteiger partial charge in [0.05, 0.1) is 5.56 Å². The second kappa shape index (κ2) is 6.77. The number of thioether (sulfide) groups is 1. The van der Waals surface area contributed by atoms with Crippen LogP contribution in [0, 0.1) is 0 Å². The number of halogens is 1. The summed E-state index contributed by atoms with van der Waals surface area (Å²) in [6, 6.07) is 5.08. The van der Waals surface area contributed by atoms with Gasteiger partial charge in [-0.3, -0.25) is 0 Å². The lowest BCUT2D eigenvalue weighted by Gasteiger charge is -2.16. The zero-order chi connectivity index (χ0) is 12.8. The predicted octanol–water partition coefficient (Wildman–Crippen LogP) is 3.59. The Bertz CT molecular complexity index is 398. The molecule has 0 saturated heterocycles. The number of anilines is 1. The molecule has 0 aliphatic heterocycles. The van der Waals surface area contributed by atoms with E-state index in [1.54, 1.807) is 12.1 Å². The Hall–Kier alpha value is -0.870. The van der Waals surface area contributed by atoms with Crippen molar-refractivity contribution in [3.63, 3.8) is 0 Å². The summed E-state index contributed by atoms with van der Waals surface area (Å²) in [5.41, 5.74) is 0.831. The number of benzene rings is 1. The first-order chi connectivity index (χ1) is 8.04. The molecule has 17 heavy (non-hydrogen) atoms. The van der Waals surface area contributed by atoms with Crippen molar-refractivity contribution >= 4 is 35.0 Å². The van der Waals surface area contributed by atoms with E-state index >= 15 is 0 Å². The van der Waals surface area contributed by atoms with Gasteiger partial charge in [0.2, 0.25) is 0 Å². The van der Waals surface area contributed by atoms with Crippen molar-refractivity contribution in [3.8, 4) is 0 Å². The van der Waals surface area contributed by atoms with Crippen LogP contribution >= 0.6 is 23.4 Å². The zero-order valence-electron chi connectivity index (χ0n) is 9.87. The molecule has 0 bridgehead atoms. The molecule has 94 valence electrons. The van der Waals surface area contributed by atoms with Gasteiger partial charge in [-0.1, -0.05) is 18.5 Å². The maximum atomic E-state index is 11.1. The molecule has 0 fully saturated rings. The fraction of sp³-hybridized carbons (Fsp3) is 0.417. The molecular formula is C12H16ClNO2S. The van der Waals surface area contributed by atoms with Gasteiger partial charge in [0.15, 0.2) is 0 Å². The molecule has 0 aliphatic carbocycles. The molecule has 1 atom stereocenters. The highest BCUT2D eigenvalue weighted by Crippen LogP contribution is 2.22. The molecule has 1 rings (SSSR count). The molecule has 0 spiro atoms. The number of carbonyl (C=O) groups is 1. The van der Waals surface area contributed by atoms with E-state index in [0.717, 1.165) is 11.5 Å². The van der Waals surface area contributed by atoms with E-state index in [2.05, 4.69) is 12.2 Å². The summed E-state index contributed by atoms with van der Waals surface area (Å²) in [5, 5.41) is 12.7. The number of aromatic carboxylic acids is 1. The number of nitrogens with one attached hydrogen (secondary N) is 1. The average Bonchev–Trinajstić information content (AvgIpc) is 2.28. The van der Waals surface area contributed by atoms with Gasteiger partial charge < -0.3 is 10.4 Å². The molecule has 0 amide bonds. The summed E-state index contributed by atoms with van der Waals surface area (Å²) in [6.45, 7) is 4.13. The largest absolute Gasteiger partial charge is 0.478 e. The molecule has 1 aromatic carbocycles. The van der Waals surface area contributed by atoms with Crippen molar-refractivity contribution in [1.82, 2.24) is 0 Å². The van der Waals surface area contributed by atoms with Crippen LogP contribution in [0.15, 0.2) is 18.2 Å². The quantitative estimate of drug-likeness (QED) is 0.832. The van der Waals surface area contributed by atoms with Crippen LogP contribution in [0.3, 0.4) is 0 Å². The maximum absolute atomic E-state index is 11.1. The van der Waals surface area contributed by atoms with Crippen molar-refractivity contribution in [2.75, 3.05) is 16.8 Å². The third-order valence-electron chi connectivity index (χ3n) is 2.19. The highest BCUT2D eigenvalue weighted by molar-refractivity contribution is 7.99. The standard InChI is InChI=1S/C12H16ClNO2S/c1-3-17-7-8(2)14-11-5-4-9(13)6-10(11)12(15)16/h4-6,8,14H,3,7H2,1-2H3,(H,15,16). The van der Waals surface area contributed by atoms with Crippen LogP contribution in [0.25, 0.3) is 0 Å². The minimum atomic E-state index is -0.967. The van der Waals surface area contributed by atoms with Crippen molar-refractivity contribution in [1.29, 1.82) is 0 Å². The Labute approximate surface area is 111 Å². The van der Waals surface area contributed by atoms with Gasteiger partial charge in [0.25, 0.3) is 0 Å². The molecule has 2 N–H and O–H groups in total. The Morgan fingerprint density at radius 1 is 1.59 bits per heavy atom. The first-order valence-corrected chi connectivity index (χ1v) is 6.95. The topological polar surface area (TPSA) is 49.3 Å². The van der Waals surface area contributed by atoms with Gasteiger partial charge in [0.1, 0.15) is 0 Å². The molecule has 1 unspecified atom stereocenters. The second-order valence-corrected chi connectivity index (χ2v) is 5.46. The molecule has 0 saturated carbocycles. The van der Waals surface area contributed by atoms with Gasteiger partial charge in [-0.05, 0) is 30.9 Å². The summed E-state index contributed by atoms with van der Waals surface area (Å²) in [7, 11) is 0. The first kappa shape index (κ1) is 14.2. The Balaban J connectivity index is 2.79. The van der Waals surface area contributed by atoms with E-state index in [1.165, 1.54) is 6.07 Å². The molecule has 1 aromatic rings. The van der Waals surface area contributed by atoms with Gasteiger partial charge in [-0.15, -0.1) is 0 Å². The minimum Gasteiger partial charge on any atom is -0.478 e. The molecule has 0 aliphatic rings. The molecule has 0 radical (unpaired) electrons. The van der Waals surface area contributed by atoms with E-state index in [9.17, 15) is 4.79 Å². The second-order valence-electron chi connectivity index (χ2n) is 3.70. The number of carboxylic acids is 1. The lowest BCUT2D eigenvalue weighted by molar-refractivity contribution is 0.0698. The number of carboxylic acid groups (broad SMARTS) is 1. The third kappa shape index (κ3) is 4.48. The fourth-order valence-electron chi connectivity index (χ4n) is 1.42. The first-order valence-electron chi connectivity index (χ1n) is 5.41. The van der Waals surface area contributed by atoms with Crippen molar-refractivity contribution < 1.29 is 9.90 Å². The lowest BCUT2D eigenvalue weighted by atomic mass is 10.1. The number of hydrogen-bond donors (Lipinski definition) is 2. The van der Waals surface area contributed by atoms with Crippen LogP contribution in [-0.2, 0) is 0 Å². The molecule has 0 aromatic heterocycles. The smallest absolute Gasteiger partial charge is 0.337 e. The summed E-state index contributed by atoms with van der Waals surface area (Å²) in [4.78, 5) is 11.1. The molecule has 5 heteroatoms. The van der Waals surface area contributed by atoms with E-state index in [1.807, 2.05) is 18.7 Å². The highest BCUT2D eigenvalue weighted by atomic mass is 35.5. The maximum Gasteiger partial charge on any atom is 0.337 e. The van der Waals surface area contributed by atoms with E-state index in [0.29, 0.717) is 10.7 Å². The van der Waals surface area contributed by atoms with Crippen LogP contribution in [-0.4, -0.2) is 28.6 Å². The van der Waals surface area contributed by atoms with Gasteiger partial charge >= 0.3 is 5.97 Å². The zero-order valence-corrected chi connectivity index (χ0v) is 11.4. The van der Waals surface area contributed by atoms with E-state index in [-0.39, 0.29) is 11.6 Å². The van der Waals surface area contributed by atoms with Crippen LogP contribution in [0.2, 0.25) is 5.02 Å². The van der Waals surface area contributed by atoms with Crippen LogP contribution in [0.1, 0.15) is 24.2 Å². The van der Waals surface area contributed by atoms with Gasteiger partial charge in [-0.2, -0.15) is 11.8 Å². The van der Waals surface area contributed by atoms with Crippen molar-refractivity contribution in [2.24, 2.45) is 0 Å². The Morgan fingerprint density at radius 3 is 2.88 bits per heavy atom. The molecule has 3 nitrogen and oxygen atoms in total. The SMILES string of the molecule is CCSCC(C)Nc1ccc(Cl)cc1C(=O)O. The van der Waals surface area contributed by atoms with Gasteiger partial charge in [0, 0.05) is 22.5 Å². The lowest BCUT2D eigenvalue weighted by Crippen LogP contribution is -2.19. The van der Waals surface area contributed by atoms with E-state index < -0.39 is 5.97 Å². The van der Waals surface area contributed by atoms with Crippen LogP contribution in [0.5, 0.6) is 0 Å². The summed E-state index contributed by atoms with van der Waals surface area (Å²) >= 11 is 7.60. The van der Waals surface area contributed by atoms with Crippen LogP contribution in [0.4, 0.5) is 5.69 Å². The highest BCUT2D eigenvalue weighted by Gasteiger charge is 2.12. The monoisotopic (exact) mass is 273 g/mol. The number of rotatable bonds is 6. The number of hydrogen-bond acceptors (Lipinski definition) is 3. The van der Waals surface area contributed by atoms with Crippen LogP contribution < -0.4 is 5.32 Å². The molecular weight excluding hydrogens is 258 g/mol. The van der Waals surface area contributed by atoms with Crippen molar-refractivity contribution in [3.05, 3.63) is 28.8 Å². The Kier molecular flexibility index (Phi) is 5.65. The Morgan fingerprint density at radius 2 is 2.29 bits per heavy atom. The minimum absolute atomic E-state index is 0.214. The average molecular weight is 274 g/mol. The van der Waals surface area contributed by atoms with Crippen molar-refractivity contribution in [2.45, 2.75) is 19.9 Å². The fourth-order valence-corrected chi connectivity index (χ4v) is 2.27. The molecule has 0 heterocycles. The predicted molar refractivity (Wildman–Crippen MR) is 74.5 cm³/mol. The van der Waals surface area contributed by atoms with E-state index in [4.69, 9.17) is 16.7 Å². The summed E-state index contributed by atoms with van der Waals surface area (Å²) in [6.07, 6.45) is 0. The third-order valence-corrected chi connectivity index (χ3v) is 3.56. The summed E-state index contributed by atoms with van der Waals surface area (Å²) < 4.78 is 0.